The quantitative estimate of drug-likeness (QED) is 0.894. The smallest absolute Gasteiger partial charge is 0.244 e. The van der Waals surface area contributed by atoms with Crippen LogP contribution in [0.3, 0.4) is 0 Å². The van der Waals surface area contributed by atoms with Crippen LogP contribution in [0, 0.1) is 0 Å². The van der Waals surface area contributed by atoms with Gasteiger partial charge in [0.15, 0.2) is 0 Å². The van der Waals surface area contributed by atoms with Crippen LogP contribution in [0.5, 0.6) is 0 Å². The van der Waals surface area contributed by atoms with Crippen LogP contribution in [0.15, 0.2) is 48.5 Å². The average Bonchev–Trinajstić information content (AvgIpc) is 2.51. The summed E-state index contributed by atoms with van der Waals surface area (Å²) in [4.78, 5) is 25.5. The fraction of sp³-hybridized carbons (Fsp3) is 0.176. The van der Waals surface area contributed by atoms with Crippen LogP contribution in [0.4, 0.5) is 5.69 Å². The minimum Gasteiger partial charge on any atom is -0.336 e. The molecule has 0 heterocycles. The molecule has 0 bridgehead atoms. The molecule has 0 saturated carbocycles. The molecule has 23 heavy (non-hydrogen) atoms. The minimum absolute atomic E-state index is 0.0610. The van der Waals surface area contributed by atoms with Gasteiger partial charge in [0, 0.05) is 12.1 Å². The maximum atomic E-state index is 12.2. The predicted molar refractivity (Wildman–Crippen MR) is 92.9 cm³/mol. The van der Waals surface area contributed by atoms with E-state index >= 15 is 0 Å². The van der Waals surface area contributed by atoms with Crippen molar-refractivity contribution in [2.24, 2.45) is 0 Å². The van der Waals surface area contributed by atoms with Gasteiger partial charge in [-0.25, -0.2) is 0 Å². The molecule has 1 N–H and O–H groups in total. The molecule has 2 aromatic carbocycles. The maximum Gasteiger partial charge on any atom is 0.244 e. The SMILES string of the molecule is CN(CC(=O)Nc1ccccc1Cl)C(=O)Cc1ccccc1Cl. The van der Waals surface area contributed by atoms with Gasteiger partial charge in [0.1, 0.15) is 0 Å². The standard InChI is InChI=1S/C17H16Cl2N2O2/c1-21(17(23)10-12-6-2-3-7-13(12)18)11-16(22)20-15-9-5-4-8-14(15)19/h2-9H,10-11H2,1H3,(H,20,22). The Labute approximate surface area is 145 Å². The van der Waals surface area contributed by atoms with Gasteiger partial charge in [-0.05, 0) is 23.8 Å². The summed E-state index contributed by atoms with van der Waals surface area (Å²) in [5.41, 5.74) is 1.25. The fourth-order valence-electron chi connectivity index (χ4n) is 2.00. The van der Waals surface area contributed by atoms with Gasteiger partial charge < -0.3 is 10.2 Å². The summed E-state index contributed by atoms with van der Waals surface area (Å²) >= 11 is 12.0. The molecule has 0 aliphatic heterocycles. The number of anilines is 1. The molecule has 0 aliphatic rings. The van der Waals surface area contributed by atoms with Gasteiger partial charge in [-0.1, -0.05) is 53.5 Å². The zero-order chi connectivity index (χ0) is 16.8. The van der Waals surface area contributed by atoms with E-state index in [1.807, 2.05) is 6.07 Å². The zero-order valence-electron chi connectivity index (χ0n) is 12.6. The second-order valence-electron chi connectivity index (χ2n) is 5.05. The molecule has 2 amide bonds. The number of rotatable bonds is 5. The molecule has 0 spiro atoms. The lowest BCUT2D eigenvalue weighted by Crippen LogP contribution is -2.35. The second kappa shape index (κ2) is 7.99. The summed E-state index contributed by atoms with van der Waals surface area (Å²) < 4.78 is 0. The summed E-state index contributed by atoms with van der Waals surface area (Å²) in [6.45, 7) is -0.0610. The summed E-state index contributed by atoms with van der Waals surface area (Å²) in [5.74, 6) is -0.500. The zero-order valence-corrected chi connectivity index (χ0v) is 14.1. The van der Waals surface area contributed by atoms with Crippen molar-refractivity contribution in [1.82, 2.24) is 4.90 Å². The van der Waals surface area contributed by atoms with Gasteiger partial charge in [-0.2, -0.15) is 0 Å². The van der Waals surface area contributed by atoms with Gasteiger partial charge in [-0.3, -0.25) is 9.59 Å². The Bertz CT molecular complexity index is 719. The summed E-state index contributed by atoms with van der Waals surface area (Å²) in [7, 11) is 1.57. The van der Waals surface area contributed by atoms with Crippen LogP contribution in [0.2, 0.25) is 10.0 Å². The second-order valence-corrected chi connectivity index (χ2v) is 5.86. The number of nitrogens with zero attached hydrogens (tertiary/aromatic N) is 1. The monoisotopic (exact) mass is 350 g/mol. The molecule has 0 aromatic heterocycles. The number of carbonyl (C=O) groups is 2. The first-order valence-electron chi connectivity index (χ1n) is 6.99. The largest absolute Gasteiger partial charge is 0.336 e. The highest BCUT2D eigenvalue weighted by Crippen LogP contribution is 2.20. The number of amides is 2. The molecular weight excluding hydrogens is 335 g/mol. The third kappa shape index (κ3) is 4.98. The molecule has 0 unspecified atom stereocenters. The van der Waals surface area contributed by atoms with E-state index in [1.54, 1.807) is 49.5 Å². The normalized spacial score (nSPS) is 10.2. The predicted octanol–water partition coefficient (Wildman–Crippen LogP) is 3.63. The number of hydrogen-bond acceptors (Lipinski definition) is 2. The first kappa shape index (κ1) is 17.3. The number of carbonyl (C=O) groups excluding carboxylic acids is 2. The highest BCUT2D eigenvalue weighted by molar-refractivity contribution is 6.33. The van der Waals surface area contributed by atoms with E-state index in [9.17, 15) is 9.59 Å². The lowest BCUT2D eigenvalue weighted by molar-refractivity contribution is -0.132. The van der Waals surface area contributed by atoms with Gasteiger partial charge in [-0.15, -0.1) is 0 Å². The maximum absolute atomic E-state index is 12.2. The fourth-order valence-corrected chi connectivity index (χ4v) is 2.38. The van der Waals surface area contributed by atoms with Crippen molar-refractivity contribution in [3.8, 4) is 0 Å². The summed E-state index contributed by atoms with van der Waals surface area (Å²) in [6.07, 6.45) is 0.148. The van der Waals surface area contributed by atoms with Crippen LogP contribution in [-0.4, -0.2) is 30.3 Å². The van der Waals surface area contributed by atoms with Crippen LogP contribution in [0.25, 0.3) is 0 Å². The van der Waals surface area contributed by atoms with Crippen molar-refractivity contribution in [2.75, 3.05) is 18.9 Å². The lowest BCUT2D eigenvalue weighted by Gasteiger charge is -2.17. The van der Waals surface area contributed by atoms with Crippen molar-refractivity contribution in [2.45, 2.75) is 6.42 Å². The first-order valence-corrected chi connectivity index (χ1v) is 7.74. The molecule has 2 rings (SSSR count). The number of nitrogens with one attached hydrogen (secondary N) is 1. The first-order chi connectivity index (χ1) is 11.0. The molecule has 0 saturated heterocycles. The van der Waals surface area contributed by atoms with Crippen LogP contribution < -0.4 is 5.32 Å². The molecule has 0 aliphatic carbocycles. The van der Waals surface area contributed by atoms with Crippen molar-refractivity contribution in [1.29, 1.82) is 0 Å². The third-order valence-corrected chi connectivity index (χ3v) is 3.95. The van der Waals surface area contributed by atoms with Crippen molar-refractivity contribution >= 4 is 40.7 Å². The Morgan fingerprint density at radius 1 is 1.00 bits per heavy atom. The third-order valence-electron chi connectivity index (χ3n) is 3.25. The molecule has 0 fully saturated rings. The molecule has 0 radical (unpaired) electrons. The van der Waals surface area contributed by atoms with E-state index < -0.39 is 0 Å². The van der Waals surface area contributed by atoms with E-state index in [1.165, 1.54) is 4.90 Å². The Balaban J connectivity index is 1.92. The van der Waals surface area contributed by atoms with Gasteiger partial charge in [0.25, 0.3) is 0 Å². The van der Waals surface area contributed by atoms with Gasteiger partial charge in [0.05, 0.1) is 23.7 Å². The number of likely N-dealkylation sites (N-methyl/N-ethyl adjacent to an activating group) is 1. The van der Waals surface area contributed by atoms with Crippen LogP contribution in [0.1, 0.15) is 5.56 Å². The lowest BCUT2D eigenvalue weighted by atomic mass is 10.1. The number of hydrogen-bond donors (Lipinski definition) is 1. The van der Waals surface area contributed by atoms with Crippen LogP contribution in [-0.2, 0) is 16.0 Å². The Hall–Kier alpha value is -2.04. The van der Waals surface area contributed by atoms with Crippen molar-refractivity contribution in [3.63, 3.8) is 0 Å². The van der Waals surface area contributed by atoms with E-state index in [2.05, 4.69) is 5.32 Å². The van der Waals surface area contributed by atoms with E-state index in [-0.39, 0.29) is 24.8 Å². The van der Waals surface area contributed by atoms with E-state index in [0.717, 1.165) is 5.56 Å². The molecule has 4 nitrogen and oxygen atoms in total. The van der Waals surface area contributed by atoms with Gasteiger partial charge in [0.2, 0.25) is 11.8 Å². The van der Waals surface area contributed by atoms with E-state index in [0.29, 0.717) is 15.7 Å². The van der Waals surface area contributed by atoms with Crippen molar-refractivity contribution in [3.05, 3.63) is 64.1 Å². The van der Waals surface area contributed by atoms with Crippen LogP contribution >= 0.6 is 23.2 Å². The highest BCUT2D eigenvalue weighted by atomic mass is 35.5. The molecule has 0 atom stereocenters. The Morgan fingerprint density at radius 2 is 1.61 bits per heavy atom. The Kier molecular flexibility index (Phi) is 6.02. The number of para-hydroxylation sites is 1. The average molecular weight is 351 g/mol. The topological polar surface area (TPSA) is 49.4 Å². The number of halogens is 2. The van der Waals surface area contributed by atoms with E-state index in [4.69, 9.17) is 23.2 Å². The minimum atomic E-state index is -0.312. The number of benzene rings is 2. The summed E-state index contributed by atoms with van der Waals surface area (Å²) in [5, 5.41) is 3.67. The molecule has 6 heteroatoms. The Morgan fingerprint density at radius 3 is 2.26 bits per heavy atom. The van der Waals surface area contributed by atoms with Crippen molar-refractivity contribution < 1.29 is 9.59 Å². The highest BCUT2D eigenvalue weighted by Gasteiger charge is 2.15. The molecule has 2 aromatic rings. The summed E-state index contributed by atoms with van der Waals surface area (Å²) in [6, 6.07) is 14.1. The molecule has 120 valence electrons. The van der Waals surface area contributed by atoms with Gasteiger partial charge >= 0.3 is 0 Å². The molecular formula is C17H16Cl2N2O2.